The number of pyridine rings is 1. The number of nitrogens with zero attached hydrogens (tertiary/aromatic N) is 3. The Kier molecular flexibility index (Phi) is 2.13. The maximum Gasteiger partial charge on any atom is 0.256 e. The second kappa shape index (κ2) is 3.43. The van der Waals surface area contributed by atoms with Crippen molar-refractivity contribution in [3.05, 3.63) is 27.2 Å². The Balaban J connectivity index is 2.56. The van der Waals surface area contributed by atoms with Crippen molar-refractivity contribution in [3.8, 4) is 0 Å². The van der Waals surface area contributed by atoms with Gasteiger partial charge in [-0.05, 0) is 25.5 Å². The van der Waals surface area contributed by atoms with Gasteiger partial charge in [-0.3, -0.25) is 14.0 Å². The van der Waals surface area contributed by atoms with Crippen LogP contribution in [0.4, 0.5) is 0 Å². The molecule has 2 aromatic rings. The quantitative estimate of drug-likeness (QED) is 0.707. The van der Waals surface area contributed by atoms with Crippen LogP contribution in [0.2, 0.25) is 0 Å². The largest absolute Gasteiger partial charge is 0.312 e. The van der Waals surface area contributed by atoms with Gasteiger partial charge in [0.15, 0.2) is 0 Å². The fourth-order valence-electron chi connectivity index (χ4n) is 2.85. The lowest BCUT2D eigenvalue weighted by Crippen LogP contribution is -2.33. The Labute approximate surface area is 99.0 Å². The van der Waals surface area contributed by atoms with Crippen LogP contribution in [0.15, 0.2) is 4.79 Å². The van der Waals surface area contributed by atoms with E-state index in [4.69, 9.17) is 0 Å². The van der Waals surface area contributed by atoms with Crippen LogP contribution in [0, 0.1) is 6.92 Å². The van der Waals surface area contributed by atoms with E-state index < -0.39 is 0 Å². The van der Waals surface area contributed by atoms with Crippen LogP contribution >= 0.6 is 0 Å². The molecule has 1 aliphatic rings. The molecule has 0 amide bonds. The van der Waals surface area contributed by atoms with Crippen molar-refractivity contribution in [3.63, 3.8) is 0 Å². The standard InChI is InChI=1S/C12H16N4O/c1-7-10-8-4-5-13-6-9(8)12(17)15(2)11(10)16(3)14-7/h13H,4-6H2,1-3H3. The minimum absolute atomic E-state index is 0.0997. The van der Waals surface area contributed by atoms with E-state index >= 15 is 0 Å². The van der Waals surface area contributed by atoms with E-state index in [1.165, 1.54) is 5.56 Å². The van der Waals surface area contributed by atoms with Gasteiger partial charge in [0.1, 0.15) is 5.65 Å². The number of fused-ring (bicyclic) bond motifs is 3. The predicted molar refractivity (Wildman–Crippen MR) is 66.1 cm³/mol. The second-order valence-corrected chi connectivity index (χ2v) is 4.66. The average molecular weight is 232 g/mol. The summed E-state index contributed by atoms with van der Waals surface area (Å²) in [6, 6.07) is 0. The summed E-state index contributed by atoms with van der Waals surface area (Å²) in [5.41, 5.74) is 4.13. The highest BCUT2D eigenvalue weighted by Crippen LogP contribution is 2.24. The molecular formula is C12H16N4O. The summed E-state index contributed by atoms with van der Waals surface area (Å²) in [4.78, 5) is 12.3. The van der Waals surface area contributed by atoms with Crippen molar-refractivity contribution in [1.29, 1.82) is 0 Å². The number of aryl methyl sites for hydroxylation is 3. The highest BCUT2D eigenvalue weighted by molar-refractivity contribution is 5.83. The molecule has 5 nitrogen and oxygen atoms in total. The summed E-state index contributed by atoms with van der Waals surface area (Å²) in [5, 5.41) is 8.85. The van der Waals surface area contributed by atoms with Gasteiger partial charge in [-0.15, -0.1) is 0 Å². The van der Waals surface area contributed by atoms with E-state index in [-0.39, 0.29) is 5.56 Å². The van der Waals surface area contributed by atoms with Crippen molar-refractivity contribution >= 4 is 11.0 Å². The van der Waals surface area contributed by atoms with E-state index in [2.05, 4.69) is 10.4 Å². The summed E-state index contributed by atoms with van der Waals surface area (Å²) in [6.07, 6.45) is 0.911. The summed E-state index contributed by atoms with van der Waals surface area (Å²) in [7, 11) is 3.71. The van der Waals surface area contributed by atoms with Gasteiger partial charge < -0.3 is 5.32 Å². The highest BCUT2D eigenvalue weighted by Gasteiger charge is 2.21. The average Bonchev–Trinajstić information content (AvgIpc) is 2.62. The van der Waals surface area contributed by atoms with Gasteiger partial charge in [0, 0.05) is 31.6 Å². The Morgan fingerprint density at radius 2 is 2.06 bits per heavy atom. The molecule has 3 rings (SSSR count). The van der Waals surface area contributed by atoms with Crippen molar-refractivity contribution in [2.75, 3.05) is 6.54 Å². The maximum absolute atomic E-state index is 12.3. The van der Waals surface area contributed by atoms with Crippen molar-refractivity contribution in [1.82, 2.24) is 19.7 Å². The molecule has 0 saturated carbocycles. The first-order chi connectivity index (χ1) is 8.11. The Morgan fingerprint density at radius 1 is 1.29 bits per heavy atom. The third kappa shape index (κ3) is 1.29. The molecule has 1 N–H and O–H groups in total. The smallest absolute Gasteiger partial charge is 0.256 e. The molecule has 0 atom stereocenters. The number of hydrogen-bond donors (Lipinski definition) is 1. The number of rotatable bonds is 0. The van der Waals surface area contributed by atoms with E-state index in [1.807, 2.05) is 21.0 Å². The predicted octanol–water partition coefficient (Wildman–Crippen LogP) is 0.226. The van der Waals surface area contributed by atoms with Crippen molar-refractivity contribution in [2.24, 2.45) is 14.1 Å². The Bertz CT molecular complexity index is 665. The fraction of sp³-hybridized carbons (Fsp3) is 0.500. The van der Waals surface area contributed by atoms with Gasteiger partial charge in [-0.25, -0.2) is 0 Å². The molecule has 0 aromatic carbocycles. The topological polar surface area (TPSA) is 51.9 Å². The molecule has 2 aromatic heterocycles. The molecule has 0 spiro atoms. The lowest BCUT2D eigenvalue weighted by atomic mass is 9.98. The number of aromatic nitrogens is 3. The molecular weight excluding hydrogens is 216 g/mol. The highest BCUT2D eigenvalue weighted by atomic mass is 16.1. The second-order valence-electron chi connectivity index (χ2n) is 4.66. The molecule has 0 aliphatic carbocycles. The minimum atomic E-state index is 0.0997. The number of nitrogens with one attached hydrogen (secondary N) is 1. The first kappa shape index (κ1) is 10.5. The van der Waals surface area contributed by atoms with Crippen molar-refractivity contribution < 1.29 is 0 Å². The third-order valence-electron chi connectivity index (χ3n) is 3.59. The Morgan fingerprint density at radius 3 is 2.82 bits per heavy atom. The zero-order valence-electron chi connectivity index (χ0n) is 10.4. The zero-order valence-corrected chi connectivity index (χ0v) is 10.4. The van der Waals surface area contributed by atoms with Gasteiger partial charge in [-0.1, -0.05) is 0 Å². The summed E-state index contributed by atoms with van der Waals surface area (Å²) in [6.45, 7) is 3.62. The maximum atomic E-state index is 12.3. The molecule has 90 valence electrons. The van der Waals surface area contributed by atoms with Crippen LogP contribution in [0.3, 0.4) is 0 Å². The first-order valence-corrected chi connectivity index (χ1v) is 5.86. The molecule has 5 heteroatoms. The van der Waals surface area contributed by atoms with Gasteiger partial charge in [-0.2, -0.15) is 5.10 Å². The van der Waals surface area contributed by atoms with E-state index in [9.17, 15) is 4.79 Å². The summed E-state index contributed by atoms with van der Waals surface area (Å²) >= 11 is 0. The van der Waals surface area contributed by atoms with Crippen LogP contribution in [-0.2, 0) is 27.1 Å². The monoisotopic (exact) mass is 232 g/mol. The number of hydrogen-bond acceptors (Lipinski definition) is 3. The van der Waals surface area contributed by atoms with E-state index in [0.717, 1.165) is 35.3 Å². The molecule has 0 bridgehead atoms. The zero-order chi connectivity index (χ0) is 12.2. The van der Waals surface area contributed by atoms with Gasteiger partial charge >= 0.3 is 0 Å². The summed E-state index contributed by atoms with van der Waals surface area (Å²) in [5.74, 6) is 0. The first-order valence-electron chi connectivity index (χ1n) is 5.86. The third-order valence-corrected chi connectivity index (χ3v) is 3.59. The van der Waals surface area contributed by atoms with E-state index in [1.54, 1.807) is 9.25 Å². The summed E-state index contributed by atoms with van der Waals surface area (Å²) < 4.78 is 3.51. The van der Waals surface area contributed by atoms with Crippen molar-refractivity contribution in [2.45, 2.75) is 19.9 Å². The fourth-order valence-corrected chi connectivity index (χ4v) is 2.85. The minimum Gasteiger partial charge on any atom is -0.312 e. The van der Waals surface area contributed by atoms with Crippen LogP contribution in [0.5, 0.6) is 0 Å². The molecule has 0 unspecified atom stereocenters. The normalized spacial score (nSPS) is 15.2. The van der Waals surface area contributed by atoms with Gasteiger partial charge in [0.25, 0.3) is 5.56 Å². The lowest BCUT2D eigenvalue weighted by molar-refractivity contribution is 0.630. The van der Waals surface area contributed by atoms with Crippen LogP contribution in [0.1, 0.15) is 16.8 Å². The van der Waals surface area contributed by atoms with Crippen LogP contribution in [-0.4, -0.2) is 20.9 Å². The molecule has 17 heavy (non-hydrogen) atoms. The van der Waals surface area contributed by atoms with E-state index in [0.29, 0.717) is 6.54 Å². The molecule has 0 fully saturated rings. The molecule has 1 aliphatic heterocycles. The van der Waals surface area contributed by atoms with Crippen LogP contribution < -0.4 is 10.9 Å². The molecule has 0 radical (unpaired) electrons. The Hall–Kier alpha value is -1.62. The lowest BCUT2D eigenvalue weighted by Gasteiger charge is -2.19. The van der Waals surface area contributed by atoms with Gasteiger partial charge in [0.2, 0.25) is 0 Å². The SMILES string of the molecule is Cc1nn(C)c2c1c1c(c(=O)n2C)CNCC1. The molecule has 0 saturated heterocycles. The van der Waals surface area contributed by atoms with Gasteiger partial charge in [0.05, 0.1) is 5.69 Å². The molecule has 3 heterocycles. The van der Waals surface area contributed by atoms with Crippen LogP contribution in [0.25, 0.3) is 11.0 Å².